The first-order valence-electron chi connectivity index (χ1n) is 5.24. The summed E-state index contributed by atoms with van der Waals surface area (Å²) in [5, 5.41) is 0.981. The molecule has 0 radical (unpaired) electrons. The van der Waals surface area contributed by atoms with Gasteiger partial charge in [-0.3, -0.25) is 0 Å². The molecule has 0 unspecified atom stereocenters. The van der Waals surface area contributed by atoms with Crippen molar-refractivity contribution in [3.8, 4) is 0 Å². The van der Waals surface area contributed by atoms with E-state index < -0.39 is 0 Å². The van der Waals surface area contributed by atoms with Crippen LogP contribution in [0.1, 0.15) is 6.42 Å². The number of hydrogen-bond acceptors (Lipinski definition) is 5. The van der Waals surface area contributed by atoms with Gasteiger partial charge >= 0.3 is 0 Å². The van der Waals surface area contributed by atoms with E-state index in [-0.39, 0.29) is 0 Å². The van der Waals surface area contributed by atoms with Crippen molar-refractivity contribution >= 4 is 17.4 Å². The van der Waals surface area contributed by atoms with Crippen LogP contribution in [0.5, 0.6) is 0 Å². The molecule has 16 heavy (non-hydrogen) atoms. The third-order valence-electron chi connectivity index (χ3n) is 1.87. The van der Waals surface area contributed by atoms with Gasteiger partial charge in [0.15, 0.2) is 0 Å². The molecule has 4 nitrogen and oxygen atoms in total. The molecule has 0 aromatic carbocycles. The number of hydrogen-bond donors (Lipinski definition) is 1. The molecule has 0 saturated heterocycles. The minimum Gasteiger partial charge on any atom is -0.397 e. The van der Waals surface area contributed by atoms with Crippen LogP contribution in [0, 0.1) is 0 Å². The van der Waals surface area contributed by atoms with Gasteiger partial charge in [-0.15, -0.1) is 11.8 Å². The van der Waals surface area contributed by atoms with Gasteiger partial charge in [-0.05, 0) is 18.6 Å². The van der Waals surface area contributed by atoms with E-state index in [9.17, 15) is 0 Å². The predicted octanol–water partition coefficient (Wildman–Crippen LogP) is 1.81. The molecule has 1 heterocycles. The summed E-state index contributed by atoms with van der Waals surface area (Å²) in [7, 11) is 1.70. The molecule has 1 rings (SSSR count). The van der Waals surface area contributed by atoms with Gasteiger partial charge in [-0.1, -0.05) is 0 Å². The SMILES string of the molecule is COCCCOCCSc1ccc(N)cn1. The van der Waals surface area contributed by atoms with Gasteiger partial charge in [0.25, 0.3) is 0 Å². The van der Waals surface area contributed by atoms with Gasteiger partial charge in [0.05, 0.1) is 23.5 Å². The monoisotopic (exact) mass is 242 g/mol. The van der Waals surface area contributed by atoms with E-state index in [4.69, 9.17) is 15.2 Å². The Morgan fingerprint density at radius 1 is 1.31 bits per heavy atom. The minimum absolute atomic E-state index is 0.695. The van der Waals surface area contributed by atoms with E-state index >= 15 is 0 Å². The van der Waals surface area contributed by atoms with Crippen LogP contribution in [-0.4, -0.2) is 37.7 Å². The molecule has 0 aliphatic rings. The summed E-state index contributed by atoms with van der Waals surface area (Å²) >= 11 is 1.67. The lowest BCUT2D eigenvalue weighted by Gasteiger charge is -2.03. The zero-order valence-electron chi connectivity index (χ0n) is 9.52. The lowest BCUT2D eigenvalue weighted by molar-refractivity contribution is 0.113. The number of aromatic nitrogens is 1. The minimum atomic E-state index is 0.695. The molecular formula is C11H18N2O2S. The second kappa shape index (κ2) is 8.38. The fraction of sp³-hybridized carbons (Fsp3) is 0.545. The van der Waals surface area contributed by atoms with Crippen molar-refractivity contribution in [2.24, 2.45) is 0 Å². The van der Waals surface area contributed by atoms with Gasteiger partial charge in [-0.2, -0.15) is 0 Å². The fourth-order valence-corrected chi connectivity index (χ4v) is 1.79. The Labute approximate surface area is 101 Å². The largest absolute Gasteiger partial charge is 0.397 e. The molecule has 0 bridgehead atoms. The average Bonchev–Trinajstić information content (AvgIpc) is 2.30. The highest BCUT2D eigenvalue weighted by Gasteiger charge is 1.95. The molecule has 0 saturated carbocycles. The number of rotatable bonds is 8. The highest BCUT2D eigenvalue weighted by molar-refractivity contribution is 7.99. The molecule has 1 aromatic rings. The second-order valence-electron chi connectivity index (χ2n) is 3.24. The molecule has 0 atom stereocenters. The third-order valence-corrected chi connectivity index (χ3v) is 2.78. The van der Waals surface area contributed by atoms with E-state index in [2.05, 4.69) is 4.98 Å². The van der Waals surface area contributed by atoms with Crippen LogP contribution in [0.2, 0.25) is 0 Å². The van der Waals surface area contributed by atoms with E-state index in [1.54, 1.807) is 25.1 Å². The first-order valence-corrected chi connectivity index (χ1v) is 6.22. The van der Waals surface area contributed by atoms with E-state index in [1.807, 2.05) is 12.1 Å². The molecule has 1 aromatic heterocycles. The highest BCUT2D eigenvalue weighted by atomic mass is 32.2. The van der Waals surface area contributed by atoms with Crippen LogP contribution < -0.4 is 5.73 Å². The van der Waals surface area contributed by atoms with Crippen LogP contribution in [0.4, 0.5) is 5.69 Å². The number of anilines is 1. The Bertz CT molecular complexity index is 280. The number of nitrogens with two attached hydrogens (primary N) is 1. The van der Waals surface area contributed by atoms with Gasteiger partial charge < -0.3 is 15.2 Å². The smallest absolute Gasteiger partial charge is 0.0962 e. The van der Waals surface area contributed by atoms with E-state index in [1.165, 1.54) is 0 Å². The number of methoxy groups -OCH3 is 1. The maximum absolute atomic E-state index is 5.54. The number of thioether (sulfide) groups is 1. The van der Waals surface area contributed by atoms with Crippen LogP contribution in [-0.2, 0) is 9.47 Å². The maximum Gasteiger partial charge on any atom is 0.0962 e. The maximum atomic E-state index is 5.54. The van der Waals surface area contributed by atoms with Crippen LogP contribution in [0.3, 0.4) is 0 Å². The van der Waals surface area contributed by atoms with Crippen LogP contribution >= 0.6 is 11.8 Å². The lowest BCUT2D eigenvalue weighted by atomic mass is 10.4. The van der Waals surface area contributed by atoms with Crippen molar-refractivity contribution in [2.45, 2.75) is 11.4 Å². The first-order chi connectivity index (χ1) is 7.83. The van der Waals surface area contributed by atoms with Gasteiger partial charge in [0.2, 0.25) is 0 Å². The summed E-state index contributed by atoms with van der Waals surface area (Å²) in [6.07, 6.45) is 2.61. The predicted molar refractivity (Wildman–Crippen MR) is 66.7 cm³/mol. The topological polar surface area (TPSA) is 57.4 Å². The van der Waals surface area contributed by atoms with Crippen molar-refractivity contribution in [1.29, 1.82) is 0 Å². The summed E-state index contributed by atoms with van der Waals surface area (Å²) in [5.74, 6) is 0.907. The number of ether oxygens (including phenoxy) is 2. The Balaban J connectivity index is 2.01. The first kappa shape index (κ1) is 13.3. The Hall–Kier alpha value is -0.780. The summed E-state index contributed by atoms with van der Waals surface area (Å²) in [5.41, 5.74) is 6.24. The molecule has 2 N–H and O–H groups in total. The Morgan fingerprint density at radius 3 is 2.88 bits per heavy atom. The summed E-state index contributed by atoms with van der Waals surface area (Å²) in [6.45, 7) is 2.25. The van der Waals surface area contributed by atoms with Crippen molar-refractivity contribution in [3.05, 3.63) is 18.3 Å². The van der Waals surface area contributed by atoms with Crippen LogP contribution in [0.25, 0.3) is 0 Å². The van der Waals surface area contributed by atoms with Gasteiger partial charge in [-0.25, -0.2) is 4.98 Å². The molecule has 0 aliphatic carbocycles. The van der Waals surface area contributed by atoms with Crippen molar-refractivity contribution in [2.75, 3.05) is 38.4 Å². The molecule has 5 heteroatoms. The van der Waals surface area contributed by atoms with Crippen molar-refractivity contribution in [1.82, 2.24) is 4.98 Å². The number of pyridine rings is 1. The lowest BCUT2D eigenvalue weighted by Crippen LogP contribution is -2.02. The highest BCUT2D eigenvalue weighted by Crippen LogP contribution is 2.15. The summed E-state index contributed by atoms with van der Waals surface area (Å²) in [4.78, 5) is 4.19. The summed E-state index contributed by atoms with van der Waals surface area (Å²) in [6, 6.07) is 3.78. The van der Waals surface area contributed by atoms with Gasteiger partial charge in [0, 0.05) is 26.1 Å². The van der Waals surface area contributed by atoms with Crippen molar-refractivity contribution < 1.29 is 9.47 Å². The standard InChI is InChI=1S/C11H18N2O2S/c1-14-5-2-6-15-7-8-16-11-4-3-10(12)9-13-11/h3-4,9H,2,5-8,12H2,1H3. The third kappa shape index (κ3) is 5.95. The van der Waals surface area contributed by atoms with Crippen LogP contribution in [0.15, 0.2) is 23.4 Å². The zero-order valence-corrected chi connectivity index (χ0v) is 10.3. The number of nitrogen functional groups attached to an aromatic ring is 1. The zero-order chi connectivity index (χ0) is 11.6. The van der Waals surface area contributed by atoms with E-state index in [0.717, 1.165) is 37.0 Å². The molecule has 0 fully saturated rings. The summed E-state index contributed by atoms with van der Waals surface area (Å²) < 4.78 is 10.3. The molecule has 0 spiro atoms. The Morgan fingerprint density at radius 2 is 2.19 bits per heavy atom. The number of nitrogens with zero attached hydrogens (tertiary/aromatic N) is 1. The normalized spacial score (nSPS) is 10.6. The molecule has 90 valence electrons. The molecule has 0 aliphatic heterocycles. The average molecular weight is 242 g/mol. The Kier molecular flexibility index (Phi) is 6.96. The molecule has 0 amide bonds. The fourth-order valence-electron chi connectivity index (χ4n) is 1.09. The second-order valence-corrected chi connectivity index (χ2v) is 4.35. The van der Waals surface area contributed by atoms with Crippen molar-refractivity contribution in [3.63, 3.8) is 0 Å². The van der Waals surface area contributed by atoms with E-state index in [0.29, 0.717) is 5.69 Å². The molecular weight excluding hydrogens is 224 g/mol. The van der Waals surface area contributed by atoms with Gasteiger partial charge in [0.1, 0.15) is 0 Å². The quantitative estimate of drug-likeness (QED) is 0.556.